The van der Waals surface area contributed by atoms with E-state index in [9.17, 15) is 0 Å². The highest BCUT2D eigenvalue weighted by Gasteiger charge is 2.17. The maximum atomic E-state index is 5.80. The average Bonchev–Trinajstić information content (AvgIpc) is 2.33. The van der Waals surface area contributed by atoms with Crippen LogP contribution in [0.15, 0.2) is 22.7 Å². The number of benzene rings is 1. The van der Waals surface area contributed by atoms with Gasteiger partial charge in [0.1, 0.15) is 4.99 Å². The van der Waals surface area contributed by atoms with E-state index in [0.717, 1.165) is 15.7 Å². The van der Waals surface area contributed by atoms with Crippen LogP contribution in [0.3, 0.4) is 0 Å². The molecule has 3 N–H and O–H groups in total. The predicted octanol–water partition coefficient (Wildman–Crippen LogP) is 3.56. The van der Waals surface area contributed by atoms with Crippen molar-refractivity contribution in [2.45, 2.75) is 26.8 Å². The van der Waals surface area contributed by atoms with Crippen molar-refractivity contribution in [2.75, 3.05) is 18.5 Å². The Morgan fingerprint density at radius 1 is 1.47 bits per heavy atom. The van der Waals surface area contributed by atoms with Gasteiger partial charge in [-0.05, 0) is 40.9 Å². The number of ether oxygens (including phenoxy) is 1. The van der Waals surface area contributed by atoms with E-state index in [0.29, 0.717) is 24.1 Å². The molecule has 1 unspecified atom stereocenters. The summed E-state index contributed by atoms with van der Waals surface area (Å²) in [5.74, 6) is 0.449. The van der Waals surface area contributed by atoms with Crippen LogP contribution in [0.4, 0.5) is 5.69 Å². The second-order valence-electron chi connectivity index (χ2n) is 4.68. The maximum Gasteiger partial charge on any atom is 0.107 e. The van der Waals surface area contributed by atoms with Crippen LogP contribution in [-0.4, -0.2) is 24.2 Å². The van der Waals surface area contributed by atoms with Crippen molar-refractivity contribution in [1.29, 1.82) is 0 Å². The Morgan fingerprint density at radius 2 is 2.16 bits per heavy atom. The van der Waals surface area contributed by atoms with E-state index >= 15 is 0 Å². The number of thiocarbonyl (C=S) groups is 1. The fourth-order valence-electron chi connectivity index (χ4n) is 1.74. The fraction of sp³-hybridized carbons (Fsp3) is 0.500. The lowest BCUT2D eigenvalue weighted by atomic mass is 10.0. The first-order valence-corrected chi connectivity index (χ1v) is 7.60. The molecule has 0 saturated carbocycles. The van der Waals surface area contributed by atoms with Crippen LogP contribution >= 0.6 is 28.1 Å². The Bertz CT molecular complexity index is 437. The van der Waals surface area contributed by atoms with Gasteiger partial charge < -0.3 is 15.8 Å². The summed E-state index contributed by atoms with van der Waals surface area (Å²) < 4.78 is 6.43. The molecule has 0 bridgehead atoms. The number of halogens is 1. The Balaban J connectivity index is 2.96. The summed E-state index contributed by atoms with van der Waals surface area (Å²) in [6, 6.07) is 6.11. The predicted molar refractivity (Wildman–Crippen MR) is 88.8 cm³/mol. The first-order chi connectivity index (χ1) is 8.97. The zero-order valence-corrected chi connectivity index (χ0v) is 14.0. The molecule has 0 fully saturated rings. The summed E-state index contributed by atoms with van der Waals surface area (Å²) >= 11 is 8.61. The normalized spacial score (nSPS) is 12.5. The van der Waals surface area contributed by atoms with Crippen molar-refractivity contribution in [3.8, 4) is 0 Å². The van der Waals surface area contributed by atoms with Crippen molar-refractivity contribution in [3.63, 3.8) is 0 Å². The fourth-order valence-corrected chi connectivity index (χ4v) is 2.67. The lowest BCUT2D eigenvalue weighted by Crippen LogP contribution is -2.32. The van der Waals surface area contributed by atoms with Gasteiger partial charge in [0.15, 0.2) is 0 Å². The van der Waals surface area contributed by atoms with Gasteiger partial charge in [0.25, 0.3) is 0 Å². The van der Waals surface area contributed by atoms with Gasteiger partial charge in [-0.25, -0.2) is 0 Å². The summed E-state index contributed by atoms with van der Waals surface area (Å²) in [7, 11) is 0. The van der Waals surface area contributed by atoms with Gasteiger partial charge in [-0.1, -0.05) is 32.1 Å². The SMILES string of the molecule is CCOCC(Nc1cccc(Br)c1C(N)=S)C(C)C. The molecule has 19 heavy (non-hydrogen) atoms. The molecule has 0 aromatic heterocycles. The van der Waals surface area contributed by atoms with Crippen LogP contribution in [0.1, 0.15) is 26.3 Å². The number of hydrogen-bond acceptors (Lipinski definition) is 3. The highest BCUT2D eigenvalue weighted by Crippen LogP contribution is 2.26. The largest absolute Gasteiger partial charge is 0.389 e. The molecule has 0 amide bonds. The Hall–Kier alpha value is -0.650. The van der Waals surface area contributed by atoms with Crippen molar-refractivity contribution in [3.05, 3.63) is 28.2 Å². The summed E-state index contributed by atoms with van der Waals surface area (Å²) in [6.45, 7) is 7.70. The number of anilines is 1. The summed E-state index contributed by atoms with van der Waals surface area (Å²) in [5.41, 5.74) is 7.59. The molecule has 1 aromatic rings. The van der Waals surface area contributed by atoms with Gasteiger partial charge in [-0.3, -0.25) is 0 Å². The quantitative estimate of drug-likeness (QED) is 0.742. The molecular weight excluding hydrogens is 324 g/mol. The van der Waals surface area contributed by atoms with Crippen LogP contribution in [0.5, 0.6) is 0 Å². The molecule has 0 aliphatic carbocycles. The number of hydrogen-bond donors (Lipinski definition) is 2. The smallest absolute Gasteiger partial charge is 0.107 e. The molecular formula is C14H21BrN2OS. The minimum atomic E-state index is 0.224. The van der Waals surface area contributed by atoms with Gasteiger partial charge >= 0.3 is 0 Å². The summed E-state index contributed by atoms with van der Waals surface area (Å²) in [4.78, 5) is 0.383. The second kappa shape index (κ2) is 7.82. The topological polar surface area (TPSA) is 47.3 Å². The lowest BCUT2D eigenvalue weighted by molar-refractivity contribution is 0.127. The first-order valence-electron chi connectivity index (χ1n) is 6.40. The van der Waals surface area contributed by atoms with Crippen molar-refractivity contribution >= 4 is 38.8 Å². The van der Waals surface area contributed by atoms with E-state index in [-0.39, 0.29) is 6.04 Å². The standard InChI is InChI=1S/C14H21BrN2OS/c1-4-18-8-12(9(2)3)17-11-7-5-6-10(15)13(11)14(16)19/h5-7,9,12,17H,4,8H2,1-3H3,(H2,16,19). The van der Waals surface area contributed by atoms with Crippen molar-refractivity contribution in [1.82, 2.24) is 0 Å². The van der Waals surface area contributed by atoms with Crippen LogP contribution in [0.2, 0.25) is 0 Å². The van der Waals surface area contributed by atoms with E-state index in [1.807, 2.05) is 25.1 Å². The molecule has 0 aliphatic rings. The van der Waals surface area contributed by atoms with Crippen molar-refractivity contribution in [2.24, 2.45) is 11.7 Å². The van der Waals surface area contributed by atoms with E-state index in [1.165, 1.54) is 0 Å². The molecule has 1 aromatic carbocycles. The Kier molecular flexibility index (Phi) is 6.75. The highest BCUT2D eigenvalue weighted by molar-refractivity contribution is 9.10. The third-order valence-corrected chi connectivity index (χ3v) is 3.77. The van der Waals surface area contributed by atoms with Gasteiger partial charge in [0, 0.05) is 22.3 Å². The molecule has 0 aliphatic heterocycles. The molecule has 3 nitrogen and oxygen atoms in total. The molecule has 0 heterocycles. The van der Waals surface area contributed by atoms with E-state index < -0.39 is 0 Å². The summed E-state index contributed by atoms with van der Waals surface area (Å²) in [5, 5.41) is 3.48. The average molecular weight is 345 g/mol. The Morgan fingerprint density at radius 3 is 2.68 bits per heavy atom. The van der Waals surface area contributed by atoms with E-state index in [1.54, 1.807) is 0 Å². The summed E-state index contributed by atoms with van der Waals surface area (Å²) in [6.07, 6.45) is 0. The van der Waals surface area contributed by atoms with Gasteiger partial charge in [-0.2, -0.15) is 0 Å². The van der Waals surface area contributed by atoms with Crippen molar-refractivity contribution < 1.29 is 4.74 Å². The number of nitrogens with two attached hydrogens (primary N) is 1. The molecule has 5 heteroatoms. The first kappa shape index (κ1) is 16.4. The second-order valence-corrected chi connectivity index (χ2v) is 5.98. The van der Waals surface area contributed by atoms with Crippen LogP contribution < -0.4 is 11.1 Å². The minimum Gasteiger partial charge on any atom is -0.389 e. The van der Waals surface area contributed by atoms with Crippen LogP contribution in [0.25, 0.3) is 0 Å². The highest BCUT2D eigenvalue weighted by atomic mass is 79.9. The van der Waals surface area contributed by atoms with Gasteiger partial charge in [-0.15, -0.1) is 0 Å². The molecule has 0 saturated heterocycles. The van der Waals surface area contributed by atoms with Crippen LogP contribution in [-0.2, 0) is 4.74 Å². The molecule has 0 radical (unpaired) electrons. The monoisotopic (exact) mass is 344 g/mol. The van der Waals surface area contributed by atoms with Gasteiger partial charge in [0.05, 0.1) is 12.6 Å². The van der Waals surface area contributed by atoms with Crippen LogP contribution in [0, 0.1) is 5.92 Å². The zero-order valence-electron chi connectivity index (χ0n) is 11.6. The molecule has 106 valence electrons. The molecule has 1 rings (SSSR count). The minimum absolute atomic E-state index is 0.224. The number of nitrogens with one attached hydrogen (secondary N) is 1. The molecule has 0 spiro atoms. The van der Waals surface area contributed by atoms with E-state index in [2.05, 4.69) is 35.1 Å². The number of rotatable bonds is 7. The maximum absolute atomic E-state index is 5.80. The third kappa shape index (κ3) is 4.75. The Labute approximate surface area is 129 Å². The third-order valence-electron chi connectivity index (χ3n) is 2.91. The lowest BCUT2D eigenvalue weighted by Gasteiger charge is -2.25. The molecule has 1 atom stereocenters. The van der Waals surface area contributed by atoms with Gasteiger partial charge in [0.2, 0.25) is 0 Å². The van der Waals surface area contributed by atoms with E-state index in [4.69, 9.17) is 22.7 Å². The zero-order chi connectivity index (χ0) is 14.4.